The third kappa shape index (κ3) is 8.09. The smallest absolute Gasteiger partial charge is 0.182 e. The molecule has 2 aromatic carbocycles. The van der Waals surface area contributed by atoms with Gasteiger partial charge in [0.2, 0.25) is 0 Å². The molecular formula is C48H30N4O6S5. The van der Waals surface area contributed by atoms with Gasteiger partial charge >= 0.3 is 0 Å². The molecule has 4 atom stereocenters. The second kappa shape index (κ2) is 18.8. The van der Waals surface area contributed by atoms with E-state index in [1.807, 2.05) is 60.7 Å². The van der Waals surface area contributed by atoms with Crippen LogP contribution in [0.1, 0.15) is 0 Å². The molecule has 63 heavy (non-hydrogen) atoms. The Labute approximate surface area is 382 Å². The first-order chi connectivity index (χ1) is 31.0. The van der Waals surface area contributed by atoms with E-state index in [-0.39, 0.29) is 11.1 Å². The van der Waals surface area contributed by atoms with Gasteiger partial charge in [0, 0.05) is 32.0 Å². The Morgan fingerprint density at radius 1 is 0.524 bits per heavy atom. The van der Waals surface area contributed by atoms with Crippen molar-refractivity contribution in [2.24, 2.45) is 0 Å². The Balaban J connectivity index is 1.41. The standard InChI is InChI=1S/C48H30N4O6S5/c1-53-47-31(21-37(62-47)27-9-5-3-6-10-27)39-33(13-15-35-41-43(57-19-17-55-41)45(60-35)29(23-49)24-50)59-34(40(39)32-22-38(63-48(32)54-2)28-11-7-4-8-12-28)14-16-36-42-44(58-20-18-56-42)46(61-36)30(25-51)26-52/h3-12,21-22,41-44H,17-20H2,1-2H3. The molecule has 4 aliphatic rings. The lowest BCUT2D eigenvalue weighted by molar-refractivity contribution is -0.101. The number of nitrogens with zero attached hydrogens (tertiary/aromatic N) is 4. The molecule has 0 radical (unpaired) electrons. The minimum atomic E-state index is -0.615. The third-order valence-corrected chi connectivity index (χ3v) is 16.0. The lowest BCUT2D eigenvalue weighted by Crippen LogP contribution is -2.35. The number of methoxy groups -OCH3 is 2. The Kier molecular flexibility index (Phi) is 12.6. The summed E-state index contributed by atoms with van der Waals surface area (Å²) in [7, 11) is 3.31. The van der Waals surface area contributed by atoms with E-state index in [0.717, 1.165) is 43.1 Å². The van der Waals surface area contributed by atoms with Crippen LogP contribution in [0.5, 0.6) is 10.1 Å². The maximum absolute atomic E-state index is 9.82. The van der Waals surface area contributed by atoms with Gasteiger partial charge < -0.3 is 28.4 Å². The SMILES string of the molecule is COc1sc(-c2ccccc2)cc1-c1c(-c2cc(-c3ccccc3)sc2OC)c(=C=C=C2SC(=C(C#N)C#N)C3OCCOC23)sc1=C=C=C1SC(=C(C#N)C#N)C2OCCOC12. The number of hydrogen-bond acceptors (Lipinski definition) is 15. The molecule has 308 valence electrons. The van der Waals surface area contributed by atoms with Crippen LogP contribution in [0.4, 0.5) is 0 Å². The fourth-order valence-corrected chi connectivity index (χ4v) is 12.8. The van der Waals surface area contributed by atoms with Crippen molar-refractivity contribution < 1.29 is 28.4 Å². The van der Waals surface area contributed by atoms with Crippen molar-refractivity contribution in [2.75, 3.05) is 40.6 Å². The van der Waals surface area contributed by atoms with Gasteiger partial charge in [0.15, 0.2) is 10.1 Å². The van der Waals surface area contributed by atoms with Crippen LogP contribution in [-0.2, 0) is 18.9 Å². The second-order valence-corrected chi connectivity index (χ2v) is 19.0. The molecule has 4 fully saturated rings. The highest BCUT2D eigenvalue weighted by molar-refractivity contribution is 8.07. The van der Waals surface area contributed by atoms with Gasteiger partial charge in [0.05, 0.1) is 69.3 Å². The van der Waals surface area contributed by atoms with E-state index in [4.69, 9.17) is 28.4 Å². The Hall–Kier alpha value is -6.02. The molecule has 3 aromatic heterocycles. The summed E-state index contributed by atoms with van der Waals surface area (Å²) in [5, 5.41) is 40.6. The van der Waals surface area contributed by atoms with Crippen molar-refractivity contribution in [2.45, 2.75) is 24.4 Å². The van der Waals surface area contributed by atoms with E-state index in [2.05, 4.69) is 59.3 Å². The average molecular weight is 919 g/mol. The number of allylic oxidation sites excluding steroid dienone is 2. The van der Waals surface area contributed by atoms with Crippen LogP contribution in [0.15, 0.2) is 115 Å². The summed E-state index contributed by atoms with van der Waals surface area (Å²) in [5.74, 6) is 0. The summed E-state index contributed by atoms with van der Waals surface area (Å²) >= 11 is 6.94. The van der Waals surface area contributed by atoms with Crippen LogP contribution in [0.2, 0.25) is 0 Å². The van der Waals surface area contributed by atoms with Crippen LogP contribution in [0.25, 0.3) is 54.6 Å². The average Bonchev–Trinajstić information content (AvgIpc) is 4.18. The van der Waals surface area contributed by atoms with Gasteiger partial charge in [0.1, 0.15) is 59.8 Å². The van der Waals surface area contributed by atoms with Crippen molar-refractivity contribution in [3.63, 3.8) is 0 Å². The quantitative estimate of drug-likeness (QED) is 0.118. The van der Waals surface area contributed by atoms with Gasteiger partial charge in [-0.3, -0.25) is 0 Å². The number of ether oxygens (including phenoxy) is 6. The summed E-state index contributed by atoms with van der Waals surface area (Å²) in [4.78, 5) is 4.19. The molecule has 10 nitrogen and oxygen atoms in total. The number of benzene rings is 2. The van der Waals surface area contributed by atoms with E-state index in [9.17, 15) is 21.0 Å². The summed E-state index contributed by atoms with van der Waals surface area (Å²) in [5.41, 5.74) is 18.9. The highest BCUT2D eigenvalue weighted by atomic mass is 32.2. The lowest BCUT2D eigenvalue weighted by Gasteiger charge is -2.25. The fourth-order valence-electron chi connectivity index (χ4n) is 7.47. The summed E-state index contributed by atoms with van der Waals surface area (Å²) in [6.45, 7) is 1.33. The van der Waals surface area contributed by atoms with Crippen LogP contribution in [-0.4, -0.2) is 65.1 Å². The molecule has 15 heteroatoms. The summed E-state index contributed by atoms with van der Waals surface area (Å²) < 4.78 is 38.1. The molecular weight excluding hydrogens is 889 g/mol. The summed E-state index contributed by atoms with van der Waals surface area (Å²) in [6, 6.07) is 32.5. The van der Waals surface area contributed by atoms with E-state index in [1.54, 1.807) is 14.2 Å². The van der Waals surface area contributed by atoms with Crippen molar-refractivity contribution in [3.05, 3.63) is 124 Å². The highest BCUT2D eigenvalue weighted by Gasteiger charge is 2.44. The topological polar surface area (TPSA) is 151 Å². The monoisotopic (exact) mass is 918 g/mol. The number of thioether (sulfide) groups is 2. The van der Waals surface area contributed by atoms with Gasteiger partial charge in [-0.1, -0.05) is 118 Å². The van der Waals surface area contributed by atoms with Crippen molar-refractivity contribution >= 4 is 69.0 Å². The third-order valence-electron chi connectivity index (χ3n) is 10.2. The fraction of sp³-hybridized carbons (Fsp3) is 0.208. The Morgan fingerprint density at radius 3 is 1.27 bits per heavy atom. The number of fused-ring (bicyclic) bond motifs is 2. The van der Waals surface area contributed by atoms with E-state index >= 15 is 0 Å². The van der Waals surface area contributed by atoms with Gasteiger partial charge in [-0.05, 0) is 34.7 Å². The molecule has 4 saturated heterocycles. The molecule has 0 aliphatic carbocycles. The largest absolute Gasteiger partial charge is 0.487 e. The zero-order valence-corrected chi connectivity index (χ0v) is 37.4. The molecule has 7 heterocycles. The van der Waals surface area contributed by atoms with Crippen LogP contribution in [0.3, 0.4) is 0 Å². The maximum atomic E-state index is 9.82. The number of rotatable bonds is 6. The minimum absolute atomic E-state index is 0.0317. The first-order valence-electron chi connectivity index (χ1n) is 19.3. The Morgan fingerprint density at radius 2 is 0.905 bits per heavy atom. The lowest BCUT2D eigenvalue weighted by atomic mass is 9.98. The first-order valence-corrected chi connectivity index (χ1v) is 23.4. The van der Waals surface area contributed by atoms with Crippen LogP contribution in [0, 0.1) is 45.3 Å². The second-order valence-electron chi connectivity index (χ2n) is 13.8. The van der Waals surface area contributed by atoms with Crippen LogP contribution < -0.4 is 18.5 Å². The molecule has 0 N–H and O–H groups in total. The number of hydrogen-bond donors (Lipinski definition) is 0. The predicted molar refractivity (Wildman–Crippen MR) is 246 cm³/mol. The molecule has 4 aliphatic heterocycles. The molecule has 9 rings (SSSR count). The molecule has 0 spiro atoms. The molecule has 0 amide bonds. The molecule has 4 unspecified atom stereocenters. The first kappa shape index (κ1) is 42.3. The zero-order valence-electron chi connectivity index (χ0n) is 33.3. The van der Waals surface area contributed by atoms with Gasteiger partial charge in [0.25, 0.3) is 0 Å². The molecule has 0 bridgehead atoms. The highest BCUT2D eigenvalue weighted by Crippen LogP contribution is 2.50. The zero-order chi connectivity index (χ0) is 43.5. The number of thiophene rings is 3. The van der Waals surface area contributed by atoms with Gasteiger partial charge in [-0.25, -0.2) is 0 Å². The normalized spacial score (nSPS) is 19.8. The van der Waals surface area contributed by atoms with Gasteiger partial charge in [-0.15, -0.1) is 11.3 Å². The molecule has 0 saturated carbocycles. The van der Waals surface area contributed by atoms with Crippen LogP contribution >= 0.6 is 57.5 Å². The minimum Gasteiger partial charge on any atom is -0.487 e. The van der Waals surface area contributed by atoms with Gasteiger partial charge in [-0.2, -0.15) is 21.0 Å². The van der Waals surface area contributed by atoms with E-state index < -0.39 is 24.4 Å². The molecule has 5 aromatic rings. The maximum Gasteiger partial charge on any atom is 0.182 e. The Bertz CT molecular complexity index is 2940. The van der Waals surface area contributed by atoms with Crippen molar-refractivity contribution in [3.8, 4) is 77.5 Å². The van der Waals surface area contributed by atoms with E-state index in [0.29, 0.717) is 65.2 Å². The van der Waals surface area contributed by atoms with E-state index in [1.165, 1.54) is 57.5 Å². The number of nitriles is 4. The summed E-state index contributed by atoms with van der Waals surface area (Å²) in [6.07, 6.45) is -2.38. The predicted octanol–water partition coefficient (Wildman–Crippen LogP) is 9.06. The van der Waals surface area contributed by atoms with Crippen molar-refractivity contribution in [1.82, 2.24) is 0 Å². The van der Waals surface area contributed by atoms with Crippen molar-refractivity contribution in [1.29, 1.82) is 21.0 Å².